The lowest BCUT2D eigenvalue weighted by Gasteiger charge is -2.17. The molecule has 0 spiro atoms. The van der Waals surface area contributed by atoms with E-state index in [0.29, 0.717) is 11.7 Å². The maximum atomic E-state index is 12.3. The molecule has 1 aromatic heterocycles. The fraction of sp³-hybridized carbons (Fsp3) is 0.238. The minimum Gasteiger partial charge on any atom is -0.497 e. The highest BCUT2D eigenvalue weighted by Gasteiger charge is 2.12. The van der Waals surface area contributed by atoms with Crippen LogP contribution in [0.25, 0.3) is 10.9 Å². The summed E-state index contributed by atoms with van der Waals surface area (Å²) in [5.74, 6) is 0.653. The second-order valence-corrected chi connectivity index (χ2v) is 7.68. The van der Waals surface area contributed by atoms with E-state index in [1.807, 2.05) is 60.7 Å². The van der Waals surface area contributed by atoms with E-state index in [0.717, 1.165) is 32.8 Å². The summed E-state index contributed by atoms with van der Waals surface area (Å²) in [4.78, 5) is 19.9. The highest BCUT2D eigenvalue weighted by atomic mass is 35.5. The normalized spacial score (nSPS) is 11.0. The summed E-state index contributed by atoms with van der Waals surface area (Å²) >= 11 is 8.05. The van der Waals surface area contributed by atoms with Crippen molar-refractivity contribution < 1.29 is 9.53 Å². The van der Waals surface area contributed by atoms with E-state index in [2.05, 4.69) is 16.4 Å². The van der Waals surface area contributed by atoms with Gasteiger partial charge in [0.15, 0.2) is 0 Å². The summed E-state index contributed by atoms with van der Waals surface area (Å²) in [6, 6.07) is 15.4. The predicted molar refractivity (Wildman–Crippen MR) is 116 cm³/mol. The number of rotatable bonds is 7. The van der Waals surface area contributed by atoms with Crippen molar-refractivity contribution in [1.82, 2.24) is 9.88 Å². The number of carbonyl (C=O) groups is 1. The molecule has 0 atom stereocenters. The number of aromatic nitrogens is 1. The standard InChI is InChI=1S/C21H22ClN3O2S/c1-25(13-20(26)23-16-5-7-17(27-2)8-6-16)12-15-10-14-4-9-18(28-3)11-19(14)24-21(15)22/h4-11H,12-13H2,1-3H3,(H,23,26). The van der Waals surface area contributed by atoms with E-state index in [9.17, 15) is 4.79 Å². The molecule has 0 fully saturated rings. The number of ether oxygens (including phenoxy) is 1. The fourth-order valence-corrected chi connectivity index (χ4v) is 3.51. The third-order valence-electron chi connectivity index (χ3n) is 4.28. The minimum absolute atomic E-state index is 0.0952. The third-order valence-corrected chi connectivity index (χ3v) is 5.33. The van der Waals surface area contributed by atoms with Crippen molar-refractivity contribution in [1.29, 1.82) is 0 Å². The van der Waals surface area contributed by atoms with Crippen molar-refractivity contribution in [3.8, 4) is 5.75 Å². The lowest BCUT2D eigenvalue weighted by Crippen LogP contribution is -2.30. The van der Waals surface area contributed by atoms with E-state index in [1.54, 1.807) is 18.9 Å². The monoisotopic (exact) mass is 415 g/mol. The summed E-state index contributed by atoms with van der Waals surface area (Å²) in [6.07, 6.45) is 2.03. The molecule has 7 heteroatoms. The molecule has 3 rings (SSSR count). The Morgan fingerprint density at radius 3 is 2.64 bits per heavy atom. The first-order valence-electron chi connectivity index (χ1n) is 8.74. The van der Waals surface area contributed by atoms with Crippen LogP contribution in [0.15, 0.2) is 53.4 Å². The second kappa shape index (κ2) is 9.28. The lowest BCUT2D eigenvalue weighted by atomic mass is 10.1. The van der Waals surface area contributed by atoms with Gasteiger partial charge < -0.3 is 10.1 Å². The molecule has 3 aromatic rings. The quantitative estimate of drug-likeness (QED) is 0.448. The molecule has 0 aliphatic rings. The average Bonchev–Trinajstić information content (AvgIpc) is 2.68. The number of thioether (sulfide) groups is 1. The number of hydrogen-bond acceptors (Lipinski definition) is 5. The molecule has 0 aliphatic carbocycles. The molecule has 2 aromatic carbocycles. The van der Waals surface area contributed by atoms with Crippen LogP contribution >= 0.6 is 23.4 Å². The summed E-state index contributed by atoms with van der Waals surface area (Å²) in [6.45, 7) is 0.772. The van der Waals surface area contributed by atoms with Crippen molar-refractivity contribution in [2.45, 2.75) is 11.4 Å². The number of anilines is 1. The van der Waals surface area contributed by atoms with Gasteiger partial charge in [0.05, 0.1) is 19.2 Å². The van der Waals surface area contributed by atoms with Crippen molar-refractivity contribution in [2.75, 3.05) is 32.3 Å². The van der Waals surface area contributed by atoms with Crippen LogP contribution < -0.4 is 10.1 Å². The summed E-state index contributed by atoms with van der Waals surface area (Å²) < 4.78 is 5.12. The number of nitrogens with zero attached hydrogens (tertiary/aromatic N) is 2. The zero-order chi connectivity index (χ0) is 20.1. The number of halogens is 1. The van der Waals surface area contributed by atoms with Gasteiger partial charge in [-0.05, 0) is 55.8 Å². The fourth-order valence-electron chi connectivity index (χ4n) is 2.87. The molecule has 1 N–H and O–H groups in total. The average molecular weight is 416 g/mol. The maximum Gasteiger partial charge on any atom is 0.238 e. The largest absolute Gasteiger partial charge is 0.497 e. The topological polar surface area (TPSA) is 54.5 Å². The van der Waals surface area contributed by atoms with Gasteiger partial charge in [0, 0.05) is 28.1 Å². The van der Waals surface area contributed by atoms with Crippen LogP contribution in [0.3, 0.4) is 0 Å². The Morgan fingerprint density at radius 2 is 1.96 bits per heavy atom. The molecule has 5 nitrogen and oxygen atoms in total. The Morgan fingerprint density at radius 1 is 1.21 bits per heavy atom. The summed E-state index contributed by atoms with van der Waals surface area (Å²) in [7, 11) is 3.49. The van der Waals surface area contributed by atoms with Crippen LogP contribution in [-0.2, 0) is 11.3 Å². The SMILES string of the molecule is COc1ccc(NC(=O)CN(C)Cc2cc3ccc(SC)cc3nc2Cl)cc1. The number of likely N-dealkylation sites (N-methyl/N-ethyl adjacent to an activating group) is 1. The van der Waals surface area contributed by atoms with Crippen LogP contribution in [0.1, 0.15) is 5.56 Å². The molecule has 1 heterocycles. The zero-order valence-corrected chi connectivity index (χ0v) is 17.6. The smallest absolute Gasteiger partial charge is 0.238 e. The third kappa shape index (κ3) is 5.16. The summed E-state index contributed by atoms with van der Waals surface area (Å²) in [5, 5.41) is 4.38. The van der Waals surface area contributed by atoms with E-state index >= 15 is 0 Å². The van der Waals surface area contributed by atoms with Gasteiger partial charge in [-0.15, -0.1) is 11.8 Å². The number of fused-ring (bicyclic) bond motifs is 1. The molecule has 0 unspecified atom stereocenters. The first-order chi connectivity index (χ1) is 13.5. The van der Waals surface area contributed by atoms with Gasteiger partial charge in [-0.25, -0.2) is 4.98 Å². The number of nitrogens with one attached hydrogen (secondary N) is 1. The van der Waals surface area contributed by atoms with Gasteiger partial charge in [0.25, 0.3) is 0 Å². The van der Waals surface area contributed by atoms with Gasteiger partial charge in [0.1, 0.15) is 10.9 Å². The molecule has 0 aliphatic heterocycles. The molecule has 0 bridgehead atoms. The number of benzene rings is 2. The molecule has 28 heavy (non-hydrogen) atoms. The second-order valence-electron chi connectivity index (χ2n) is 6.45. The first kappa shape index (κ1) is 20.5. The van der Waals surface area contributed by atoms with Crippen molar-refractivity contribution in [2.24, 2.45) is 0 Å². The Kier molecular flexibility index (Phi) is 6.78. The van der Waals surface area contributed by atoms with Gasteiger partial charge in [-0.1, -0.05) is 17.7 Å². The number of hydrogen-bond donors (Lipinski definition) is 1. The molecular weight excluding hydrogens is 394 g/mol. The van der Waals surface area contributed by atoms with Gasteiger partial charge in [-0.3, -0.25) is 9.69 Å². The predicted octanol–water partition coefficient (Wildman–Crippen LogP) is 4.69. The number of carbonyl (C=O) groups excluding carboxylic acids is 1. The Labute approximate surface area is 174 Å². The van der Waals surface area contributed by atoms with Gasteiger partial charge in [0.2, 0.25) is 5.91 Å². The minimum atomic E-state index is -0.0952. The summed E-state index contributed by atoms with van der Waals surface area (Å²) in [5.41, 5.74) is 2.50. The molecule has 0 radical (unpaired) electrons. The van der Waals surface area contributed by atoms with E-state index in [4.69, 9.17) is 16.3 Å². The highest BCUT2D eigenvalue weighted by Crippen LogP contribution is 2.25. The zero-order valence-electron chi connectivity index (χ0n) is 16.0. The molecule has 1 amide bonds. The number of amides is 1. The Balaban J connectivity index is 1.64. The maximum absolute atomic E-state index is 12.3. The van der Waals surface area contributed by atoms with Crippen molar-refractivity contribution in [3.63, 3.8) is 0 Å². The van der Waals surface area contributed by atoms with Gasteiger partial charge >= 0.3 is 0 Å². The number of pyridine rings is 1. The molecule has 0 saturated carbocycles. The highest BCUT2D eigenvalue weighted by molar-refractivity contribution is 7.98. The van der Waals surface area contributed by atoms with Crippen LogP contribution in [-0.4, -0.2) is 42.7 Å². The van der Waals surface area contributed by atoms with Crippen LogP contribution in [0, 0.1) is 0 Å². The Hall–Kier alpha value is -2.28. The van der Waals surface area contributed by atoms with E-state index in [-0.39, 0.29) is 12.5 Å². The van der Waals surface area contributed by atoms with Crippen LogP contribution in [0.5, 0.6) is 5.75 Å². The molecule has 0 saturated heterocycles. The van der Waals surface area contributed by atoms with Crippen LogP contribution in [0.2, 0.25) is 5.15 Å². The Bertz CT molecular complexity index is 979. The first-order valence-corrected chi connectivity index (χ1v) is 10.3. The van der Waals surface area contributed by atoms with Crippen molar-refractivity contribution >= 4 is 45.9 Å². The van der Waals surface area contributed by atoms with Crippen LogP contribution in [0.4, 0.5) is 5.69 Å². The molecular formula is C21H22ClN3O2S. The van der Waals surface area contributed by atoms with Gasteiger partial charge in [-0.2, -0.15) is 0 Å². The van der Waals surface area contributed by atoms with E-state index < -0.39 is 0 Å². The molecule has 146 valence electrons. The lowest BCUT2D eigenvalue weighted by molar-refractivity contribution is -0.117. The number of methoxy groups -OCH3 is 1. The van der Waals surface area contributed by atoms with E-state index in [1.165, 1.54) is 0 Å². The van der Waals surface area contributed by atoms with Crippen molar-refractivity contribution in [3.05, 3.63) is 59.2 Å².